The van der Waals surface area contributed by atoms with Crippen LogP contribution >= 0.6 is 11.6 Å². The zero-order valence-electron chi connectivity index (χ0n) is 22.1. The minimum absolute atomic E-state index is 0.00538. The zero-order chi connectivity index (χ0) is 27.9. The molecule has 0 aliphatic rings. The average molecular weight is 541 g/mol. The van der Waals surface area contributed by atoms with Gasteiger partial charge in [0.25, 0.3) is 11.5 Å². The fourth-order valence-corrected chi connectivity index (χ4v) is 5.15. The first-order valence-electron chi connectivity index (χ1n) is 12.6. The number of hydrogen-bond acceptors (Lipinski definition) is 4. The molecule has 5 aromatic rings. The number of nitrogens with one attached hydrogen (secondary N) is 1. The molecule has 7 nitrogen and oxygen atoms in total. The van der Waals surface area contributed by atoms with E-state index in [1.54, 1.807) is 65.1 Å². The van der Waals surface area contributed by atoms with Crippen LogP contribution in [0.25, 0.3) is 22.0 Å². The smallest absolute Gasteiger partial charge is 0.251 e. The molecule has 1 unspecified atom stereocenters. The molecule has 0 bridgehead atoms. The van der Waals surface area contributed by atoms with Gasteiger partial charge in [-0.25, -0.2) is 4.98 Å². The molecule has 0 aliphatic carbocycles. The molecule has 0 radical (unpaired) electrons. The maximum atomic E-state index is 12.8. The molecule has 39 heavy (non-hydrogen) atoms. The van der Waals surface area contributed by atoms with Crippen LogP contribution < -0.4 is 10.9 Å². The molecule has 8 heteroatoms. The van der Waals surface area contributed by atoms with Crippen molar-refractivity contribution in [3.8, 4) is 11.1 Å². The number of halogens is 1. The zero-order valence-corrected chi connectivity index (χ0v) is 22.9. The molecule has 0 saturated carbocycles. The van der Waals surface area contributed by atoms with Crippen molar-refractivity contribution in [3.63, 3.8) is 0 Å². The van der Waals surface area contributed by atoms with E-state index in [2.05, 4.69) is 10.3 Å². The third kappa shape index (κ3) is 4.75. The lowest BCUT2D eigenvalue weighted by Crippen LogP contribution is -2.32. The first-order valence-corrected chi connectivity index (χ1v) is 13.0. The summed E-state index contributed by atoms with van der Waals surface area (Å²) in [6.07, 6.45) is 3.26. The lowest BCUT2D eigenvalue weighted by molar-refractivity contribution is 0.0942. The number of aryl methyl sites for hydroxylation is 2. The van der Waals surface area contributed by atoms with E-state index in [0.717, 1.165) is 10.9 Å². The minimum Gasteiger partial charge on any atom is -0.374 e. The molecule has 1 atom stereocenters. The third-order valence-corrected chi connectivity index (χ3v) is 7.21. The van der Waals surface area contributed by atoms with Gasteiger partial charge in [-0.15, -0.1) is 0 Å². The van der Waals surface area contributed by atoms with Crippen molar-refractivity contribution in [3.05, 3.63) is 123 Å². The number of aliphatic hydroxyl groups is 1. The highest BCUT2D eigenvalue weighted by molar-refractivity contribution is 6.30. The third-order valence-electron chi connectivity index (χ3n) is 6.97. The lowest BCUT2D eigenvalue weighted by atomic mass is 9.82. The highest BCUT2D eigenvalue weighted by Crippen LogP contribution is 2.39. The number of carbonyl (C=O) groups is 1. The largest absolute Gasteiger partial charge is 0.374 e. The first kappa shape index (κ1) is 26.4. The van der Waals surface area contributed by atoms with Crippen LogP contribution in [-0.2, 0) is 19.7 Å². The van der Waals surface area contributed by atoms with Gasteiger partial charge < -0.3 is 19.6 Å². The number of aromatic nitrogens is 3. The molecule has 0 fully saturated rings. The molecule has 5 rings (SSSR count). The van der Waals surface area contributed by atoms with Crippen molar-refractivity contribution < 1.29 is 9.90 Å². The van der Waals surface area contributed by atoms with Crippen molar-refractivity contribution in [2.45, 2.75) is 25.5 Å². The van der Waals surface area contributed by atoms with Crippen molar-refractivity contribution in [2.24, 2.45) is 14.1 Å². The number of fused-ring (bicyclic) bond motifs is 1. The van der Waals surface area contributed by atoms with E-state index >= 15 is 0 Å². The summed E-state index contributed by atoms with van der Waals surface area (Å²) < 4.78 is 3.35. The molecular weight excluding hydrogens is 512 g/mol. The van der Waals surface area contributed by atoms with Gasteiger partial charge >= 0.3 is 0 Å². The van der Waals surface area contributed by atoms with Gasteiger partial charge in [0, 0.05) is 42.2 Å². The summed E-state index contributed by atoms with van der Waals surface area (Å²) >= 11 is 6.29. The van der Waals surface area contributed by atoms with Crippen LogP contribution in [0.15, 0.2) is 90.1 Å². The van der Waals surface area contributed by atoms with Crippen LogP contribution in [0.3, 0.4) is 0 Å². The van der Waals surface area contributed by atoms with Gasteiger partial charge in [-0.1, -0.05) is 41.9 Å². The minimum atomic E-state index is -1.60. The predicted molar refractivity (Wildman–Crippen MR) is 154 cm³/mol. The Morgan fingerprint density at radius 1 is 1.00 bits per heavy atom. The number of imidazole rings is 1. The van der Waals surface area contributed by atoms with Crippen LogP contribution in [0.1, 0.15) is 41.0 Å². The Labute approximate surface area is 231 Å². The summed E-state index contributed by atoms with van der Waals surface area (Å²) in [5, 5.41) is 16.7. The molecule has 0 saturated heterocycles. The van der Waals surface area contributed by atoms with Gasteiger partial charge in [0.15, 0.2) is 5.60 Å². The van der Waals surface area contributed by atoms with E-state index in [-0.39, 0.29) is 17.5 Å². The summed E-state index contributed by atoms with van der Waals surface area (Å²) in [5.74, 6) is -0.182. The Hall–Kier alpha value is -4.20. The molecule has 2 heterocycles. The van der Waals surface area contributed by atoms with Gasteiger partial charge in [0.05, 0.1) is 23.7 Å². The summed E-state index contributed by atoms with van der Waals surface area (Å²) in [6.45, 7) is 3.81. The summed E-state index contributed by atoms with van der Waals surface area (Å²) in [4.78, 5) is 29.6. The second-order valence-electron chi connectivity index (χ2n) is 10.0. The van der Waals surface area contributed by atoms with Crippen molar-refractivity contribution in [2.75, 3.05) is 0 Å². The molecule has 1 amide bonds. The molecule has 2 aromatic heterocycles. The second kappa shape index (κ2) is 10.2. The highest BCUT2D eigenvalue weighted by atomic mass is 35.5. The predicted octanol–water partition coefficient (Wildman–Crippen LogP) is 5.01. The molecule has 0 spiro atoms. The Balaban J connectivity index is 1.74. The normalized spacial score (nSPS) is 13.0. The van der Waals surface area contributed by atoms with E-state index in [1.807, 2.05) is 57.3 Å². The maximum absolute atomic E-state index is 12.8. The Morgan fingerprint density at radius 2 is 1.72 bits per heavy atom. The summed E-state index contributed by atoms with van der Waals surface area (Å²) in [6, 6.07) is 21.4. The van der Waals surface area contributed by atoms with Crippen molar-refractivity contribution >= 4 is 28.4 Å². The average Bonchev–Trinajstić information content (AvgIpc) is 3.36. The standard InChI is InChI=1S/C31H29ClN4O3/c1-19(2)34-30(38)20-8-10-22(11-9-20)31(39,28-17-33-18-35(28)3)23-12-13-27-26(15-23)25(16-29(37)36(27)4)21-6-5-7-24(32)14-21/h5-19,39H,1-4H3,(H,34,38). The van der Waals surface area contributed by atoms with Crippen molar-refractivity contribution in [1.29, 1.82) is 0 Å². The second-order valence-corrected chi connectivity index (χ2v) is 10.4. The van der Waals surface area contributed by atoms with Crippen LogP contribution in [0.4, 0.5) is 0 Å². The number of carbonyl (C=O) groups excluding carboxylic acids is 1. The summed E-state index contributed by atoms with van der Waals surface area (Å²) in [7, 11) is 3.54. The van der Waals surface area contributed by atoms with Crippen molar-refractivity contribution in [1.82, 2.24) is 19.4 Å². The Morgan fingerprint density at radius 3 is 2.36 bits per heavy atom. The number of hydrogen-bond donors (Lipinski definition) is 2. The van der Waals surface area contributed by atoms with Gasteiger partial charge in [0.1, 0.15) is 0 Å². The van der Waals surface area contributed by atoms with E-state index < -0.39 is 5.60 Å². The lowest BCUT2D eigenvalue weighted by Gasteiger charge is -2.30. The van der Waals surface area contributed by atoms with Crippen LogP contribution in [-0.4, -0.2) is 31.2 Å². The Bertz CT molecular complexity index is 1750. The molecule has 2 N–H and O–H groups in total. The van der Waals surface area contributed by atoms with Gasteiger partial charge in [0.2, 0.25) is 0 Å². The fourth-order valence-electron chi connectivity index (χ4n) is 4.96. The number of rotatable bonds is 6. The van der Waals surface area contributed by atoms with Gasteiger partial charge in [-0.05, 0) is 72.5 Å². The first-order chi connectivity index (χ1) is 18.6. The van der Waals surface area contributed by atoms with E-state index in [0.29, 0.717) is 38.5 Å². The van der Waals surface area contributed by atoms with E-state index in [9.17, 15) is 14.7 Å². The number of benzene rings is 3. The van der Waals surface area contributed by atoms with Crippen LogP contribution in [0.5, 0.6) is 0 Å². The highest BCUT2D eigenvalue weighted by Gasteiger charge is 2.37. The number of nitrogens with zero attached hydrogens (tertiary/aromatic N) is 3. The summed E-state index contributed by atoms with van der Waals surface area (Å²) in [5.41, 5.74) is 2.67. The number of pyridine rings is 1. The molecule has 198 valence electrons. The monoisotopic (exact) mass is 540 g/mol. The molecule has 3 aromatic carbocycles. The number of amides is 1. The quantitative estimate of drug-likeness (QED) is 0.317. The SMILES string of the molecule is CC(C)NC(=O)c1ccc(C(O)(c2ccc3c(c2)c(-c2cccc(Cl)c2)cc(=O)n3C)c2cncn2C)cc1. The fraction of sp³-hybridized carbons (Fsp3) is 0.194. The van der Waals surface area contributed by atoms with Gasteiger partial charge in [-0.3, -0.25) is 9.59 Å². The Kier molecular flexibility index (Phi) is 6.89. The van der Waals surface area contributed by atoms with Crippen LogP contribution in [0, 0.1) is 0 Å². The van der Waals surface area contributed by atoms with E-state index in [1.165, 1.54) is 0 Å². The topological polar surface area (TPSA) is 89.2 Å². The maximum Gasteiger partial charge on any atom is 0.251 e. The molecular formula is C31H29ClN4O3. The van der Waals surface area contributed by atoms with E-state index in [4.69, 9.17) is 11.6 Å². The molecule has 0 aliphatic heterocycles. The van der Waals surface area contributed by atoms with Gasteiger partial charge in [-0.2, -0.15) is 0 Å². The van der Waals surface area contributed by atoms with Crippen LogP contribution in [0.2, 0.25) is 5.02 Å².